The minimum Gasteiger partial charge on any atom is -0.317 e. The van der Waals surface area contributed by atoms with Crippen LogP contribution in [-0.2, 0) is 19.4 Å². The van der Waals surface area contributed by atoms with E-state index in [1.807, 2.05) is 18.4 Å². The van der Waals surface area contributed by atoms with Gasteiger partial charge in [-0.1, -0.05) is 0 Å². The van der Waals surface area contributed by atoms with Crippen LogP contribution in [0.5, 0.6) is 0 Å². The number of rotatable bonds is 2. The minimum atomic E-state index is 0.567. The molecule has 3 rings (SSSR count). The van der Waals surface area contributed by atoms with E-state index in [1.165, 1.54) is 49.5 Å². The van der Waals surface area contributed by atoms with E-state index >= 15 is 0 Å². The third-order valence-corrected chi connectivity index (χ3v) is 4.99. The van der Waals surface area contributed by atoms with Gasteiger partial charge in [-0.05, 0) is 51.2 Å². The van der Waals surface area contributed by atoms with Crippen molar-refractivity contribution in [2.24, 2.45) is 5.41 Å². The zero-order valence-corrected chi connectivity index (χ0v) is 10.6. The zero-order valence-electron chi connectivity index (χ0n) is 9.81. The lowest BCUT2D eigenvalue weighted by Gasteiger charge is -2.33. The monoisotopic (exact) mass is 237 g/mol. The fourth-order valence-electron chi connectivity index (χ4n) is 3.01. The SMILES string of the molecule is CNCc1nc2c(s1)CC1(CCNCC1)C2. The predicted octanol–water partition coefficient (Wildman–Crippen LogP) is 1.33. The number of hydrogen-bond acceptors (Lipinski definition) is 4. The minimum absolute atomic E-state index is 0.567. The lowest BCUT2D eigenvalue weighted by Crippen LogP contribution is -2.37. The fourth-order valence-corrected chi connectivity index (χ4v) is 4.28. The lowest BCUT2D eigenvalue weighted by atomic mass is 9.77. The molecule has 1 spiro atoms. The molecule has 1 aromatic rings. The summed E-state index contributed by atoms with van der Waals surface area (Å²) in [5.41, 5.74) is 1.97. The third kappa shape index (κ3) is 1.79. The molecule has 2 heterocycles. The summed E-state index contributed by atoms with van der Waals surface area (Å²) in [5.74, 6) is 0. The van der Waals surface area contributed by atoms with Crippen LogP contribution in [0, 0.1) is 5.41 Å². The van der Waals surface area contributed by atoms with E-state index in [4.69, 9.17) is 4.98 Å². The Hall–Kier alpha value is -0.450. The number of thiazole rings is 1. The van der Waals surface area contributed by atoms with Crippen molar-refractivity contribution < 1.29 is 0 Å². The summed E-state index contributed by atoms with van der Waals surface area (Å²) in [5, 5.41) is 7.90. The molecule has 16 heavy (non-hydrogen) atoms. The molecule has 0 atom stereocenters. The summed E-state index contributed by atoms with van der Waals surface area (Å²) >= 11 is 1.92. The predicted molar refractivity (Wildman–Crippen MR) is 66.8 cm³/mol. The first-order valence-electron chi connectivity index (χ1n) is 6.14. The molecular weight excluding hydrogens is 218 g/mol. The van der Waals surface area contributed by atoms with Gasteiger partial charge >= 0.3 is 0 Å². The van der Waals surface area contributed by atoms with E-state index < -0.39 is 0 Å². The second-order valence-electron chi connectivity index (χ2n) is 5.11. The van der Waals surface area contributed by atoms with E-state index in [9.17, 15) is 0 Å². The summed E-state index contributed by atoms with van der Waals surface area (Å²) in [4.78, 5) is 6.33. The maximum atomic E-state index is 4.77. The summed E-state index contributed by atoms with van der Waals surface area (Å²) in [7, 11) is 1.99. The first-order chi connectivity index (χ1) is 7.81. The van der Waals surface area contributed by atoms with Crippen molar-refractivity contribution in [3.05, 3.63) is 15.6 Å². The Balaban J connectivity index is 1.76. The lowest BCUT2D eigenvalue weighted by molar-refractivity contribution is 0.215. The van der Waals surface area contributed by atoms with Gasteiger partial charge in [-0.2, -0.15) is 0 Å². The molecule has 0 saturated carbocycles. The highest BCUT2D eigenvalue weighted by Crippen LogP contribution is 2.45. The van der Waals surface area contributed by atoms with E-state index in [-0.39, 0.29) is 0 Å². The fraction of sp³-hybridized carbons (Fsp3) is 0.750. The first-order valence-corrected chi connectivity index (χ1v) is 6.96. The van der Waals surface area contributed by atoms with Gasteiger partial charge in [0.2, 0.25) is 0 Å². The smallest absolute Gasteiger partial charge is 0.107 e. The van der Waals surface area contributed by atoms with Gasteiger partial charge in [0.15, 0.2) is 0 Å². The van der Waals surface area contributed by atoms with Crippen LogP contribution in [0.4, 0.5) is 0 Å². The molecule has 1 aliphatic carbocycles. The largest absolute Gasteiger partial charge is 0.317 e. The van der Waals surface area contributed by atoms with E-state index in [2.05, 4.69) is 10.6 Å². The van der Waals surface area contributed by atoms with Crippen LogP contribution in [0.1, 0.15) is 28.4 Å². The highest BCUT2D eigenvalue weighted by Gasteiger charge is 2.40. The number of fused-ring (bicyclic) bond motifs is 1. The maximum absolute atomic E-state index is 4.77. The van der Waals surface area contributed by atoms with Crippen LogP contribution in [0.15, 0.2) is 0 Å². The van der Waals surface area contributed by atoms with Crippen LogP contribution in [0.2, 0.25) is 0 Å². The highest BCUT2D eigenvalue weighted by atomic mass is 32.1. The van der Waals surface area contributed by atoms with Crippen LogP contribution in [-0.4, -0.2) is 25.1 Å². The molecule has 4 heteroatoms. The number of piperidine rings is 1. The van der Waals surface area contributed by atoms with Gasteiger partial charge in [0.1, 0.15) is 5.01 Å². The van der Waals surface area contributed by atoms with Gasteiger partial charge < -0.3 is 10.6 Å². The Kier molecular flexibility index (Phi) is 2.73. The van der Waals surface area contributed by atoms with Crippen LogP contribution in [0.3, 0.4) is 0 Å². The van der Waals surface area contributed by atoms with E-state index in [0.29, 0.717) is 5.41 Å². The number of nitrogens with zero attached hydrogens (tertiary/aromatic N) is 1. The van der Waals surface area contributed by atoms with Gasteiger partial charge in [-0.15, -0.1) is 11.3 Å². The van der Waals surface area contributed by atoms with Gasteiger partial charge in [0.05, 0.1) is 5.69 Å². The average Bonchev–Trinajstić information content (AvgIpc) is 2.75. The van der Waals surface area contributed by atoms with Gasteiger partial charge in [0.25, 0.3) is 0 Å². The van der Waals surface area contributed by atoms with Crippen molar-refractivity contribution in [1.82, 2.24) is 15.6 Å². The molecule has 2 N–H and O–H groups in total. The Bertz CT molecular complexity index is 354. The van der Waals surface area contributed by atoms with Crippen molar-refractivity contribution in [1.29, 1.82) is 0 Å². The Morgan fingerprint density at radius 2 is 2.19 bits per heavy atom. The Morgan fingerprint density at radius 1 is 1.38 bits per heavy atom. The number of nitrogens with one attached hydrogen (secondary N) is 2. The molecule has 1 aliphatic heterocycles. The van der Waals surface area contributed by atoms with E-state index in [0.717, 1.165) is 6.54 Å². The summed E-state index contributed by atoms with van der Waals surface area (Å²) < 4.78 is 0. The number of hydrogen-bond donors (Lipinski definition) is 2. The molecule has 1 saturated heterocycles. The quantitative estimate of drug-likeness (QED) is 0.815. The second kappa shape index (κ2) is 4.09. The Morgan fingerprint density at radius 3 is 2.88 bits per heavy atom. The van der Waals surface area contributed by atoms with Crippen LogP contribution in [0.25, 0.3) is 0 Å². The van der Waals surface area contributed by atoms with E-state index in [1.54, 1.807) is 4.88 Å². The molecule has 2 aliphatic rings. The van der Waals surface area contributed by atoms with Gasteiger partial charge in [-0.25, -0.2) is 4.98 Å². The highest BCUT2D eigenvalue weighted by molar-refractivity contribution is 7.11. The molecule has 0 amide bonds. The molecule has 3 nitrogen and oxygen atoms in total. The molecule has 0 radical (unpaired) electrons. The third-order valence-electron chi connectivity index (χ3n) is 3.89. The molecule has 88 valence electrons. The topological polar surface area (TPSA) is 37.0 Å². The van der Waals surface area contributed by atoms with Crippen LogP contribution >= 0.6 is 11.3 Å². The van der Waals surface area contributed by atoms with Crippen molar-refractivity contribution in [3.63, 3.8) is 0 Å². The summed E-state index contributed by atoms with van der Waals surface area (Å²) in [6, 6.07) is 0. The Labute approximate surface area is 101 Å². The second-order valence-corrected chi connectivity index (χ2v) is 6.28. The van der Waals surface area contributed by atoms with Crippen molar-refractivity contribution >= 4 is 11.3 Å². The van der Waals surface area contributed by atoms with Crippen molar-refractivity contribution in [2.45, 2.75) is 32.2 Å². The van der Waals surface area contributed by atoms with Crippen LogP contribution < -0.4 is 10.6 Å². The molecular formula is C12H19N3S. The molecule has 1 aromatic heterocycles. The maximum Gasteiger partial charge on any atom is 0.107 e. The molecule has 0 unspecified atom stereocenters. The first kappa shape index (κ1) is 10.7. The van der Waals surface area contributed by atoms with Gasteiger partial charge in [0, 0.05) is 11.4 Å². The zero-order chi connectivity index (χ0) is 11.0. The standard InChI is InChI=1S/C12H19N3S/c1-13-8-11-15-9-6-12(7-10(9)16-11)2-4-14-5-3-12/h13-14H,2-8H2,1H3. The average molecular weight is 237 g/mol. The molecule has 0 aromatic carbocycles. The molecule has 0 bridgehead atoms. The van der Waals surface area contributed by atoms with Crippen molar-refractivity contribution in [3.8, 4) is 0 Å². The molecule has 1 fully saturated rings. The normalized spacial score (nSPS) is 22.6. The van der Waals surface area contributed by atoms with Gasteiger partial charge in [-0.3, -0.25) is 0 Å². The van der Waals surface area contributed by atoms with Crippen molar-refractivity contribution in [2.75, 3.05) is 20.1 Å². The number of aromatic nitrogens is 1. The summed E-state index contributed by atoms with van der Waals surface area (Å²) in [6.45, 7) is 3.31. The summed E-state index contributed by atoms with van der Waals surface area (Å²) in [6.07, 6.45) is 5.17.